The molecule has 1 aliphatic heterocycles. The average Bonchev–Trinajstić information content (AvgIpc) is 2.68. The zero-order chi connectivity index (χ0) is 11.0. The number of phenols is 2. The molecule has 0 aromatic heterocycles. The first-order valence-corrected chi connectivity index (χ1v) is 5.51. The van der Waals surface area contributed by atoms with Crippen LogP contribution in [0.3, 0.4) is 0 Å². The molecule has 0 spiro atoms. The average molecular weight is 276 g/mol. The Hall–Kier alpha value is -0.810. The van der Waals surface area contributed by atoms with E-state index < -0.39 is 11.6 Å². The van der Waals surface area contributed by atoms with Gasteiger partial charge in [-0.3, -0.25) is 0 Å². The highest BCUT2D eigenvalue weighted by Crippen LogP contribution is 2.42. The third kappa shape index (κ3) is 1.81. The van der Waals surface area contributed by atoms with Crippen molar-refractivity contribution in [2.75, 3.05) is 13.1 Å². The van der Waals surface area contributed by atoms with E-state index in [1.54, 1.807) is 0 Å². The number of rotatable bonds is 1. The van der Waals surface area contributed by atoms with E-state index in [0.29, 0.717) is 10.0 Å². The molecule has 0 amide bonds. The minimum absolute atomic E-state index is 0.117. The standard InChI is InChI=1S/C10H11BrFNO2/c11-6-3-7(12)9(14)10(15)8(6)5-1-2-13-4-5/h3,5,13-15H,1-2,4H2. The summed E-state index contributed by atoms with van der Waals surface area (Å²) in [7, 11) is 0. The van der Waals surface area contributed by atoms with Gasteiger partial charge in [-0.2, -0.15) is 0 Å². The molecule has 82 valence electrons. The number of benzene rings is 1. The Morgan fingerprint density at radius 1 is 1.40 bits per heavy atom. The molecule has 1 heterocycles. The van der Waals surface area contributed by atoms with Crippen LogP contribution in [0.15, 0.2) is 10.5 Å². The first kappa shape index (κ1) is 10.7. The molecular weight excluding hydrogens is 265 g/mol. The van der Waals surface area contributed by atoms with Crippen LogP contribution in [0.25, 0.3) is 0 Å². The van der Waals surface area contributed by atoms with Gasteiger partial charge < -0.3 is 15.5 Å². The minimum atomic E-state index is -0.811. The fourth-order valence-corrected chi connectivity index (χ4v) is 2.61. The van der Waals surface area contributed by atoms with Gasteiger partial charge in [0, 0.05) is 22.5 Å². The van der Waals surface area contributed by atoms with E-state index in [2.05, 4.69) is 21.2 Å². The molecule has 1 atom stereocenters. The summed E-state index contributed by atoms with van der Waals surface area (Å²) in [5, 5.41) is 22.1. The monoisotopic (exact) mass is 275 g/mol. The van der Waals surface area contributed by atoms with Gasteiger partial charge in [0.2, 0.25) is 0 Å². The summed E-state index contributed by atoms with van der Waals surface area (Å²) < 4.78 is 13.6. The maximum Gasteiger partial charge on any atom is 0.194 e. The Bertz CT molecular complexity index is 391. The Labute approximate surface area is 95.1 Å². The molecule has 5 heteroatoms. The van der Waals surface area contributed by atoms with Gasteiger partial charge in [-0.05, 0) is 19.0 Å². The molecular formula is C10H11BrFNO2. The molecule has 1 fully saturated rings. The lowest BCUT2D eigenvalue weighted by molar-refractivity contribution is 0.372. The predicted molar refractivity (Wildman–Crippen MR) is 57.7 cm³/mol. The van der Waals surface area contributed by atoms with Gasteiger partial charge in [0.25, 0.3) is 0 Å². The molecule has 1 saturated heterocycles. The summed E-state index contributed by atoms with van der Waals surface area (Å²) in [6.07, 6.45) is 0.872. The number of hydrogen-bond acceptors (Lipinski definition) is 3. The second-order valence-corrected chi connectivity index (χ2v) is 4.50. The topological polar surface area (TPSA) is 52.5 Å². The molecule has 0 saturated carbocycles. The van der Waals surface area contributed by atoms with Crippen LogP contribution in [0.4, 0.5) is 4.39 Å². The molecule has 1 unspecified atom stereocenters. The molecule has 3 nitrogen and oxygen atoms in total. The lowest BCUT2D eigenvalue weighted by Crippen LogP contribution is -2.08. The van der Waals surface area contributed by atoms with Crippen LogP contribution in [-0.4, -0.2) is 23.3 Å². The summed E-state index contributed by atoms with van der Waals surface area (Å²) in [5.74, 6) is -1.71. The fraction of sp³-hybridized carbons (Fsp3) is 0.400. The fourth-order valence-electron chi connectivity index (χ4n) is 1.90. The van der Waals surface area contributed by atoms with Crippen molar-refractivity contribution in [3.05, 3.63) is 21.9 Å². The van der Waals surface area contributed by atoms with E-state index in [-0.39, 0.29) is 11.7 Å². The summed E-state index contributed by atoms with van der Waals surface area (Å²) in [6.45, 7) is 1.60. The van der Waals surface area contributed by atoms with Gasteiger partial charge >= 0.3 is 0 Å². The largest absolute Gasteiger partial charge is 0.504 e. The molecule has 0 aliphatic carbocycles. The SMILES string of the molecule is Oc1c(F)cc(Br)c(C2CCNC2)c1O. The lowest BCUT2D eigenvalue weighted by Gasteiger charge is -2.14. The van der Waals surface area contributed by atoms with Crippen LogP contribution < -0.4 is 5.32 Å². The first-order valence-electron chi connectivity index (χ1n) is 4.71. The number of aromatic hydroxyl groups is 2. The molecule has 1 aliphatic rings. The van der Waals surface area contributed by atoms with Gasteiger partial charge in [0.1, 0.15) is 0 Å². The van der Waals surface area contributed by atoms with Crippen molar-refractivity contribution in [2.24, 2.45) is 0 Å². The normalized spacial score (nSPS) is 20.8. The number of halogens is 2. The lowest BCUT2D eigenvalue weighted by atomic mass is 9.97. The Kier molecular flexibility index (Phi) is 2.84. The van der Waals surface area contributed by atoms with Gasteiger partial charge in [0.05, 0.1) is 0 Å². The maximum atomic E-state index is 13.1. The number of phenolic OH excluding ortho intramolecular Hbond substituents is 2. The van der Waals surface area contributed by atoms with Crippen LogP contribution in [0.2, 0.25) is 0 Å². The first-order chi connectivity index (χ1) is 7.11. The van der Waals surface area contributed by atoms with E-state index in [9.17, 15) is 14.6 Å². The van der Waals surface area contributed by atoms with Gasteiger partial charge in [-0.15, -0.1) is 0 Å². The minimum Gasteiger partial charge on any atom is -0.504 e. The highest BCUT2D eigenvalue weighted by molar-refractivity contribution is 9.10. The van der Waals surface area contributed by atoms with Crippen molar-refractivity contribution >= 4 is 15.9 Å². The maximum absolute atomic E-state index is 13.1. The van der Waals surface area contributed by atoms with Crippen LogP contribution in [0.5, 0.6) is 11.5 Å². The van der Waals surface area contributed by atoms with Crippen molar-refractivity contribution in [3.63, 3.8) is 0 Å². The highest BCUT2D eigenvalue weighted by atomic mass is 79.9. The Morgan fingerprint density at radius 2 is 2.13 bits per heavy atom. The molecule has 1 aromatic carbocycles. The van der Waals surface area contributed by atoms with E-state index in [1.807, 2.05) is 0 Å². The summed E-state index contributed by atoms with van der Waals surface area (Å²) in [5.41, 5.74) is 0.582. The van der Waals surface area contributed by atoms with E-state index in [0.717, 1.165) is 19.5 Å². The molecule has 0 radical (unpaired) electrons. The third-order valence-corrected chi connectivity index (χ3v) is 3.34. The summed E-state index contributed by atoms with van der Waals surface area (Å²) >= 11 is 3.20. The summed E-state index contributed by atoms with van der Waals surface area (Å²) in [6, 6.07) is 1.18. The Morgan fingerprint density at radius 3 is 2.73 bits per heavy atom. The summed E-state index contributed by atoms with van der Waals surface area (Å²) in [4.78, 5) is 0. The molecule has 1 aromatic rings. The van der Waals surface area contributed by atoms with Crippen LogP contribution in [0.1, 0.15) is 17.9 Å². The Balaban J connectivity index is 2.50. The van der Waals surface area contributed by atoms with Crippen LogP contribution >= 0.6 is 15.9 Å². The number of hydrogen-bond donors (Lipinski definition) is 3. The van der Waals surface area contributed by atoms with Crippen molar-refractivity contribution in [2.45, 2.75) is 12.3 Å². The van der Waals surface area contributed by atoms with Gasteiger partial charge in [-0.1, -0.05) is 15.9 Å². The van der Waals surface area contributed by atoms with Gasteiger partial charge in [0.15, 0.2) is 17.3 Å². The molecule has 3 N–H and O–H groups in total. The van der Waals surface area contributed by atoms with Crippen molar-refractivity contribution < 1.29 is 14.6 Å². The predicted octanol–water partition coefficient (Wildman–Crippen LogP) is 2.08. The van der Waals surface area contributed by atoms with E-state index >= 15 is 0 Å². The number of nitrogens with one attached hydrogen (secondary N) is 1. The van der Waals surface area contributed by atoms with E-state index in [1.165, 1.54) is 6.07 Å². The molecule has 15 heavy (non-hydrogen) atoms. The quantitative estimate of drug-likeness (QED) is 0.688. The van der Waals surface area contributed by atoms with Crippen molar-refractivity contribution in [1.29, 1.82) is 0 Å². The van der Waals surface area contributed by atoms with Crippen LogP contribution in [0, 0.1) is 5.82 Å². The van der Waals surface area contributed by atoms with Crippen molar-refractivity contribution in [1.82, 2.24) is 5.32 Å². The molecule has 0 bridgehead atoms. The second kappa shape index (κ2) is 3.98. The second-order valence-electron chi connectivity index (χ2n) is 3.64. The molecule has 2 rings (SSSR count). The van der Waals surface area contributed by atoms with Gasteiger partial charge in [-0.25, -0.2) is 4.39 Å². The van der Waals surface area contributed by atoms with Crippen LogP contribution in [-0.2, 0) is 0 Å². The zero-order valence-corrected chi connectivity index (χ0v) is 9.51. The smallest absolute Gasteiger partial charge is 0.194 e. The van der Waals surface area contributed by atoms with E-state index in [4.69, 9.17) is 0 Å². The zero-order valence-electron chi connectivity index (χ0n) is 7.93. The van der Waals surface area contributed by atoms with Crippen molar-refractivity contribution in [3.8, 4) is 11.5 Å². The highest BCUT2D eigenvalue weighted by Gasteiger charge is 2.25. The third-order valence-electron chi connectivity index (χ3n) is 2.68.